The quantitative estimate of drug-likeness (QED) is 0.149. The molecule has 37 heavy (non-hydrogen) atoms. The summed E-state index contributed by atoms with van der Waals surface area (Å²) in [7, 11) is 0. The van der Waals surface area contributed by atoms with Gasteiger partial charge < -0.3 is 30.3 Å². The second-order valence-electron chi connectivity index (χ2n) is 8.42. The Hall–Kier alpha value is 0.340. The third-order valence-electron chi connectivity index (χ3n) is 5.38. The first-order valence-electron chi connectivity index (χ1n) is 12.0. The third-order valence-corrected chi connectivity index (χ3v) is 5.38. The fourth-order valence-corrected chi connectivity index (χ4v) is 3.27. The maximum absolute atomic E-state index is 12.0. The molecule has 12 heteroatoms. The van der Waals surface area contributed by atoms with Crippen LogP contribution in [0.4, 0.5) is 4.79 Å². The summed E-state index contributed by atoms with van der Waals surface area (Å²) < 4.78 is 5.29. The second kappa shape index (κ2) is 22.1. The molecule has 0 saturated carbocycles. The SMILES string of the molecule is CC(=O)CCCCCNC(=O)[N-]CCCOCC(=O)[N-]Cc1ccc(CC(=O)N2CCC2=O)cc1.[Rb+].[Rb+]. The Kier molecular flexibility index (Phi) is 22.3. The summed E-state index contributed by atoms with van der Waals surface area (Å²) in [6.07, 6.45) is 4.24. The van der Waals surface area contributed by atoms with Gasteiger partial charge >= 0.3 is 116 Å². The second-order valence-corrected chi connectivity index (χ2v) is 8.42. The van der Waals surface area contributed by atoms with Crippen LogP contribution in [0.5, 0.6) is 0 Å². The summed E-state index contributed by atoms with van der Waals surface area (Å²) in [6.45, 7) is 3.28. The zero-order chi connectivity index (χ0) is 25.5. The van der Waals surface area contributed by atoms with Crippen molar-refractivity contribution in [2.75, 3.05) is 32.8 Å². The van der Waals surface area contributed by atoms with Gasteiger partial charge in [-0.25, -0.2) is 0 Å². The molecule has 0 spiro atoms. The molecule has 0 bridgehead atoms. The third kappa shape index (κ3) is 16.9. The Bertz CT molecular complexity index is 882. The van der Waals surface area contributed by atoms with E-state index in [0.717, 1.165) is 30.4 Å². The molecule has 1 saturated heterocycles. The van der Waals surface area contributed by atoms with Crippen molar-refractivity contribution < 1.29 is 145 Å². The first kappa shape index (κ1) is 37.3. The van der Waals surface area contributed by atoms with Crippen LogP contribution in [0.25, 0.3) is 10.6 Å². The molecule has 0 unspecified atom stereocenters. The summed E-state index contributed by atoms with van der Waals surface area (Å²) in [5.41, 5.74) is 1.63. The zero-order valence-electron chi connectivity index (χ0n) is 22.3. The van der Waals surface area contributed by atoms with Gasteiger partial charge in [0.05, 0.1) is 18.9 Å². The predicted molar refractivity (Wildman–Crippen MR) is 130 cm³/mol. The number of carbonyl (C=O) groups is 5. The molecule has 0 aromatic heterocycles. The Morgan fingerprint density at radius 3 is 2.30 bits per heavy atom. The van der Waals surface area contributed by atoms with E-state index in [9.17, 15) is 24.0 Å². The van der Waals surface area contributed by atoms with Gasteiger partial charge in [-0.2, -0.15) is 0 Å². The first-order chi connectivity index (χ1) is 16.8. The number of β-lactam (4-membered cyclic amide) rings is 1. The van der Waals surface area contributed by atoms with E-state index in [-0.39, 0.29) is 165 Å². The molecule has 1 heterocycles. The van der Waals surface area contributed by atoms with Crippen molar-refractivity contribution in [2.24, 2.45) is 0 Å². The number of unbranched alkanes of at least 4 members (excludes halogenated alkanes) is 2. The van der Waals surface area contributed by atoms with E-state index in [1.54, 1.807) is 31.2 Å². The fourth-order valence-electron chi connectivity index (χ4n) is 3.27. The number of imide groups is 1. The summed E-state index contributed by atoms with van der Waals surface area (Å²) in [5, 5.41) is 10.5. The number of hydrogen-bond donors (Lipinski definition) is 1. The number of nitrogens with zero attached hydrogens (tertiary/aromatic N) is 3. The molecular formula is C25H34N4O6Rb2. The molecule has 0 radical (unpaired) electrons. The molecule has 10 nitrogen and oxygen atoms in total. The van der Waals surface area contributed by atoms with Crippen LogP contribution < -0.4 is 122 Å². The van der Waals surface area contributed by atoms with Gasteiger partial charge in [0.1, 0.15) is 5.78 Å². The monoisotopic (exact) mass is 656 g/mol. The van der Waals surface area contributed by atoms with Crippen LogP contribution in [0.1, 0.15) is 56.6 Å². The van der Waals surface area contributed by atoms with Crippen molar-refractivity contribution >= 4 is 29.5 Å². The summed E-state index contributed by atoms with van der Waals surface area (Å²) in [4.78, 5) is 58.9. The first-order valence-corrected chi connectivity index (χ1v) is 12.0. The Morgan fingerprint density at radius 1 is 0.973 bits per heavy atom. The number of likely N-dealkylation sites (tertiary alicyclic amines) is 1. The number of benzene rings is 1. The Labute approximate surface area is 316 Å². The molecule has 0 atom stereocenters. The van der Waals surface area contributed by atoms with E-state index in [0.29, 0.717) is 45.5 Å². The van der Waals surface area contributed by atoms with Crippen molar-refractivity contribution in [3.63, 3.8) is 0 Å². The van der Waals surface area contributed by atoms with E-state index in [1.807, 2.05) is 0 Å². The molecule has 1 aromatic rings. The van der Waals surface area contributed by atoms with Gasteiger partial charge in [-0.05, 0) is 31.9 Å². The number of ether oxygens (including phenoxy) is 1. The van der Waals surface area contributed by atoms with E-state index >= 15 is 0 Å². The molecule has 1 fully saturated rings. The molecule has 5 amide bonds. The molecule has 1 aromatic carbocycles. The van der Waals surface area contributed by atoms with Gasteiger partial charge in [-0.1, -0.05) is 49.2 Å². The largest absolute Gasteiger partial charge is 1.00 e. The van der Waals surface area contributed by atoms with Crippen LogP contribution in [0.3, 0.4) is 0 Å². The number of hydrogen-bond acceptors (Lipinski definition) is 6. The van der Waals surface area contributed by atoms with Crippen LogP contribution in [-0.2, 0) is 36.9 Å². The van der Waals surface area contributed by atoms with Crippen molar-refractivity contribution in [2.45, 2.75) is 58.4 Å². The number of rotatable bonds is 16. The average Bonchev–Trinajstić information content (AvgIpc) is 2.81. The molecule has 2 rings (SSSR count). The van der Waals surface area contributed by atoms with Gasteiger partial charge in [0.15, 0.2) is 6.03 Å². The number of ketones is 1. The maximum Gasteiger partial charge on any atom is 1.00 e. The topological polar surface area (TPSA) is 138 Å². The number of Topliss-reactive ketones (excluding diaryl/α,β-unsaturated/α-hetero) is 1. The van der Waals surface area contributed by atoms with Gasteiger partial charge in [0, 0.05) is 26.0 Å². The minimum atomic E-state index is -0.375. The van der Waals surface area contributed by atoms with E-state index in [2.05, 4.69) is 16.0 Å². The normalized spacial score (nSPS) is 11.9. The van der Waals surface area contributed by atoms with Crippen LogP contribution in [0.2, 0.25) is 0 Å². The molecule has 1 aliphatic heterocycles. The van der Waals surface area contributed by atoms with Crippen LogP contribution >= 0.6 is 0 Å². The van der Waals surface area contributed by atoms with Crippen LogP contribution in [0, 0.1) is 0 Å². The van der Waals surface area contributed by atoms with Crippen molar-refractivity contribution in [3.8, 4) is 0 Å². The van der Waals surface area contributed by atoms with Crippen LogP contribution in [0.15, 0.2) is 24.3 Å². The van der Waals surface area contributed by atoms with Gasteiger partial charge in [0.2, 0.25) is 11.8 Å². The maximum atomic E-state index is 12.0. The Morgan fingerprint density at radius 2 is 1.68 bits per heavy atom. The summed E-state index contributed by atoms with van der Waals surface area (Å²) >= 11 is 0. The molecule has 192 valence electrons. The van der Waals surface area contributed by atoms with E-state index in [4.69, 9.17) is 4.74 Å². The minimum absolute atomic E-state index is 0. The van der Waals surface area contributed by atoms with Crippen molar-refractivity contribution in [1.29, 1.82) is 0 Å². The standard InChI is InChI=1S/C25H36N4O6.2Rb/c1-19(30)6-3-2-4-12-26-25(34)27-13-5-15-35-18-22(31)28-17-21-9-7-20(8-10-21)16-24(33)29-14-11-23(29)32;;/h7-10H,2-6,11-18H2,1H3,(H3,26,27,28,31,34);;/q;2*+1/p-2. The van der Waals surface area contributed by atoms with Gasteiger partial charge in [-0.15, -0.1) is 6.54 Å². The van der Waals surface area contributed by atoms with Crippen molar-refractivity contribution in [1.82, 2.24) is 10.2 Å². The summed E-state index contributed by atoms with van der Waals surface area (Å²) in [6, 6.07) is 6.82. The number of urea groups is 1. The minimum Gasteiger partial charge on any atom is -0.648 e. The van der Waals surface area contributed by atoms with E-state index in [1.165, 1.54) is 4.90 Å². The van der Waals surface area contributed by atoms with Crippen molar-refractivity contribution in [3.05, 3.63) is 46.0 Å². The number of nitrogens with one attached hydrogen (secondary N) is 1. The molecule has 1 N–H and O–H groups in total. The van der Waals surface area contributed by atoms with Gasteiger partial charge in [0.25, 0.3) is 0 Å². The molecule has 0 aliphatic carbocycles. The predicted octanol–water partition coefficient (Wildman–Crippen LogP) is -2.96. The smallest absolute Gasteiger partial charge is 0.648 e. The summed E-state index contributed by atoms with van der Waals surface area (Å²) in [5.74, 6) is -0.520. The van der Waals surface area contributed by atoms with Crippen LogP contribution in [-0.4, -0.2) is 67.3 Å². The Balaban J connectivity index is 0.00000648. The molecular weight excluding hydrogens is 623 g/mol. The van der Waals surface area contributed by atoms with Gasteiger partial charge in [-0.3, -0.25) is 19.3 Å². The average molecular weight is 658 g/mol. The molecule has 1 aliphatic rings. The zero-order valence-corrected chi connectivity index (χ0v) is 32.1. The number of carbonyl (C=O) groups excluding carboxylic acids is 5. The van der Waals surface area contributed by atoms with E-state index < -0.39 is 0 Å². The fraction of sp³-hybridized carbons (Fsp3) is 0.560. The number of amides is 5.